The average Bonchev–Trinajstić information content (AvgIpc) is 2.94. The van der Waals surface area contributed by atoms with Gasteiger partial charge in [0.15, 0.2) is 6.29 Å². The number of carbonyl (C=O) groups is 1. The van der Waals surface area contributed by atoms with E-state index in [9.17, 15) is 18.0 Å². The molecule has 2 aliphatic rings. The minimum absolute atomic E-state index is 0.00584. The zero-order valence-electron chi connectivity index (χ0n) is 18.0. The zero-order valence-corrected chi connectivity index (χ0v) is 18.7. The van der Waals surface area contributed by atoms with Crippen LogP contribution >= 0.6 is 11.6 Å². The van der Waals surface area contributed by atoms with Crippen LogP contribution in [-0.2, 0) is 27.1 Å². The highest BCUT2D eigenvalue weighted by atomic mass is 35.5. The number of benzene rings is 1. The second-order valence-corrected chi connectivity index (χ2v) is 9.38. The average molecular weight is 463 g/mol. The van der Waals surface area contributed by atoms with E-state index in [-0.39, 0.29) is 24.8 Å². The second kappa shape index (κ2) is 9.96. The monoisotopic (exact) mass is 462 g/mol. The molecule has 0 bridgehead atoms. The quantitative estimate of drug-likeness (QED) is 0.659. The molecule has 0 aromatic heterocycles. The number of nitrogens with zero attached hydrogens (tertiary/aromatic N) is 1. The molecule has 2 aliphatic heterocycles. The Kier molecular flexibility index (Phi) is 7.76. The van der Waals surface area contributed by atoms with Gasteiger partial charge in [-0.05, 0) is 49.3 Å². The van der Waals surface area contributed by atoms with E-state index >= 15 is 0 Å². The van der Waals surface area contributed by atoms with Crippen molar-refractivity contribution in [3.05, 3.63) is 28.3 Å². The third-order valence-corrected chi connectivity index (χ3v) is 6.03. The van der Waals surface area contributed by atoms with Crippen molar-refractivity contribution in [1.82, 2.24) is 4.90 Å². The molecular formula is C22H30ClF3N2O3. The van der Waals surface area contributed by atoms with Crippen LogP contribution in [0.15, 0.2) is 12.1 Å². The van der Waals surface area contributed by atoms with Crippen molar-refractivity contribution in [1.29, 1.82) is 0 Å². The highest BCUT2D eigenvalue weighted by molar-refractivity contribution is 6.33. The smallest absolute Gasteiger partial charge is 0.383 e. The first kappa shape index (κ1) is 24.1. The number of halogens is 4. The van der Waals surface area contributed by atoms with Gasteiger partial charge in [0.2, 0.25) is 0 Å². The van der Waals surface area contributed by atoms with Gasteiger partial charge in [0.1, 0.15) is 0 Å². The third-order valence-electron chi connectivity index (χ3n) is 5.71. The zero-order chi connectivity index (χ0) is 22.6. The fourth-order valence-corrected chi connectivity index (χ4v) is 4.15. The van der Waals surface area contributed by atoms with Crippen molar-refractivity contribution in [3.63, 3.8) is 0 Å². The molecule has 3 rings (SSSR count). The minimum atomic E-state index is -4.86. The molecule has 1 aromatic rings. The number of anilines is 1. The van der Waals surface area contributed by atoms with Crippen molar-refractivity contribution >= 4 is 23.2 Å². The van der Waals surface area contributed by atoms with E-state index in [1.165, 1.54) is 0 Å². The van der Waals surface area contributed by atoms with E-state index in [1.54, 1.807) is 6.07 Å². The van der Waals surface area contributed by atoms with Gasteiger partial charge < -0.3 is 19.7 Å². The van der Waals surface area contributed by atoms with Gasteiger partial charge in [-0.25, -0.2) is 0 Å². The third kappa shape index (κ3) is 6.49. The lowest BCUT2D eigenvalue weighted by atomic mass is 9.93. The Balaban J connectivity index is 1.64. The molecule has 0 radical (unpaired) electrons. The largest absolute Gasteiger partial charge is 0.471 e. The van der Waals surface area contributed by atoms with Crippen LogP contribution in [0, 0.1) is 5.41 Å². The van der Waals surface area contributed by atoms with E-state index in [0.29, 0.717) is 31.0 Å². The van der Waals surface area contributed by atoms with Crippen LogP contribution in [0.2, 0.25) is 5.02 Å². The van der Waals surface area contributed by atoms with Crippen molar-refractivity contribution in [2.45, 2.75) is 58.4 Å². The predicted molar refractivity (Wildman–Crippen MR) is 113 cm³/mol. The van der Waals surface area contributed by atoms with Crippen molar-refractivity contribution in [2.75, 3.05) is 38.2 Å². The maximum Gasteiger partial charge on any atom is 0.471 e. The Morgan fingerprint density at radius 2 is 2.00 bits per heavy atom. The summed E-state index contributed by atoms with van der Waals surface area (Å²) in [6.07, 6.45) is -1.30. The number of amides is 1. The normalized spacial score (nSPS) is 20.2. The van der Waals surface area contributed by atoms with Crippen molar-refractivity contribution in [3.8, 4) is 0 Å². The Bertz CT molecular complexity index is 780. The summed E-state index contributed by atoms with van der Waals surface area (Å²) in [7, 11) is 0. The van der Waals surface area contributed by atoms with Crippen molar-refractivity contribution in [2.24, 2.45) is 5.41 Å². The number of rotatable bonds is 6. The Labute approximate surface area is 186 Å². The lowest BCUT2D eigenvalue weighted by Crippen LogP contribution is -2.42. The molecule has 1 fully saturated rings. The van der Waals surface area contributed by atoms with Gasteiger partial charge in [-0.15, -0.1) is 0 Å². The predicted octanol–water partition coefficient (Wildman–Crippen LogP) is 4.81. The molecule has 1 unspecified atom stereocenters. The summed E-state index contributed by atoms with van der Waals surface area (Å²) in [5.41, 5.74) is 2.30. The summed E-state index contributed by atoms with van der Waals surface area (Å²) in [6, 6.07) is 3.59. The molecule has 5 nitrogen and oxygen atoms in total. The van der Waals surface area contributed by atoms with Crippen molar-refractivity contribution < 1.29 is 27.4 Å². The lowest BCUT2D eigenvalue weighted by Gasteiger charge is -2.30. The van der Waals surface area contributed by atoms with Gasteiger partial charge in [-0.2, -0.15) is 13.2 Å². The molecule has 1 N–H and O–H groups in total. The Hall–Kier alpha value is -1.51. The van der Waals surface area contributed by atoms with E-state index in [1.807, 2.05) is 6.07 Å². The maximum atomic E-state index is 12.9. The van der Waals surface area contributed by atoms with E-state index in [0.717, 1.165) is 47.6 Å². The molecule has 31 heavy (non-hydrogen) atoms. The van der Waals surface area contributed by atoms with Gasteiger partial charge >= 0.3 is 12.1 Å². The number of alkyl halides is 3. The van der Waals surface area contributed by atoms with Gasteiger partial charge in [0.25, 0.3) is 0 Å². The maximum absolute atomic E-state index is 12.9. The number of carbonyl (C=O) groups excluding carboxylic acids is 1. The summed E-state index contributed by atoms with van der Waals surface area (Å²) in [5.74, 6) is -1.79. The molecule has 0 saturated carbocycles. The first-order chi connectivity index (χ1) is 14.6. The first-order valence-corrected chi connectivity index (χ1v) is 11.1. The number of nitrogens with one attached hydrogen (secondary N) is 1. The van der Waals surface area contributed by atoms with Gasteiger partial charge in [0.05, 0.1) is 17.3 Å². The van der Waals surface area contributed by atoms with Crippen LogP contribution in [0.3, 0.4) is 0 Å². The summed E-state index contributed by atoms with van der Waals surface area (Å²) in [6.45, 7) is 5.98. The number of hydrogen-bond donors (Lipinski definition) is 1. The topological polar surface area (TPSA) is 50.8 Å². The van der Waals surface area contributed by atoms with Crippen LogP contribution in [0.1, 0.15) is 44.2 Å². The molecule has 174 valence electrons. The van der Waals surface area contributed by atoms with Crippen LogP contribution < -0.4 is 5.32 Å². The number of hydrogen-bond acceptors (Lipinski definition) is 4. The van der Waals surface area contributed by atoms with Crippen LogP contribution in [0.5, 0.6) is 0 Å². The highest BCUT2D eigenvalue weighted by Crippen LogP contribution is 2.33. The fraction of sp³-hybridized carbons (Fsp3) is 0.682. The summed E-state index contributed by atoms with van der Waals surface area (Å²) in [4.78, 5) is 12.5. The molecule has 1 saturated heterocycles. The van der Waals surface area contributed by atoms with E-state index < -0.39 is 12.1 Å². The SMILES string of the molecule is CC(C)(CNc1c(Cl)ccc2c1CCN(C(=O)C(F)(F)F)CC2)COC1CCCCO1. The Morgan fingerprint density at radius 1 is 1.26 bits per heavy atom. The standard InChI is InChI=1S/C22H30ClF3N2O3/c1-21(2,14-31-18-5-3-4-12-30-18)13-27-19-16-9-11-28(20(29)22(24,25)26)10-8-15(16)6-7-17(19)23/h6-7,18,27H,3-5,8-14H2,1-2H3. The second-order valence-electron chi connectivity index (χ2n) is 8.97. The molecule has 1 amide bonds. The van der Waals surface area contributed by atoms with Gasteiger partial charge in [-0.1, -0.05) is 31.5 Å². The minimum Gasteiger partial charge on any atom is -0.383 e. The summed E-state index contributed by atoms with van der Waals surface area (Å²) >= 11 is 6.44. The van der Waals surface area contributed by atoms with Gasteiger partial charge in [0, 0.05) is 31.7 Å². The van der Waals surface area contributed by atoms with Crippen LogP contribution in [-0.4, -0.2) is 56.1 Å². The molecule has 1 atom stereocenters. The lowest BCUT2D eigenvalue weighted by molar-refractivity contribution is -0.185. The van der Waals surface area contributed by atoms with E-state index in [2.05, 4.69) is 19.2 Å². The summed E-state index contributed by atoms with van der Waals surface area (Å²) < 4.78 is 50.1. The molecule has 0 spiro atoms. The van der Waals surface area contributed by atoms with E-state index in [4.69, 9.17) is 21.1 Å². The number of ether oxygens (including phenoxy) is 2. The summed E-state index contributed by atoms with van der Waals surface area (Å²) in [5, 5.41) is 3.91. The molecular weight excluding hydrogens is 433 g/mol. The molecule has 0 aliphatic carbocycles. The highest BCUT2D eigenvalue weighted by Gasteiger charge is 2.42. The molecule has 2 heterocycles. The first-order valence-electron chi connectivity index (χ1n) is 10.7. The Morgan fingerprint density at radius 3 is 2.68 bits per heavy atom. The molecule has 9 heteroatoms. The fourth-order valence-electron chi connectivity index (χ4n) is 3.91. The van der Waals surface area contributed by atoms with Gasteiger partial charge in [-0.3, -0.25) is 4.79 Å². The number of fused-ring (bicyclic) bond motifs is 1. The van der Waals surface area contributed by atoms with Crippen LogP contribution in [0.25, 0.3) is 0 Å². The van der Waals surface area contributed by atoms with Crippen LogP contribution in [0.4, 0.5) is 18.9 Å². The molecule has 1 aromatic carbocycles.